The summed E-state index contributed by atoms with van der Waals surface area (Å²) in [5.41, 5.74) is 1.23. The first-order valence-corrected chi connectivity index (χ1v) is 10.5. The van der Waals surface area contributed by atoms with Crippen LogP contribution >= 0.6 is 0 Å². The summed E-state index contributed by atoms with van der Waals surface area (Å²) in [5, 5.41) is 8.86. The van der Waals surface area contributed by atoms with E-state index in [2.05, 4.69) is 19.1 Å². The number of nitrogens with zero attached hydrogens (tertiary/aromatic N) is 1. The molecule has 1 aromatic carbocycles. The number of allylic oxidation sites excluding steroid dienone is 2. The van der Waals surface area contributed by atoms with Crippen LogP contribution in [-0.2, 0) is 0 Å². The van der Waals surface area contributed by atoms with Crippen molar-refractivity contribution < 1.29 is 4.39 Å². The molecule has 0 spiro atoms. The minimum atomic E-state index is -0.366. The Morgan fingerprint density at radius 2 is 1.81 bits per heavy atom. The maximum Gasteiger partial charge on any atom is 0.141 e. The number of halogens is 1. The van der Waals surface area contributed by atoms with E-state index in [0.29, 0.717) is 5.92 Å². The maximum absolute atomic E-state index is 13.8. The lowest BCUT2D eigenvalue weighted by atomic mass is 9.77. The molecule has 2 aliphatic carbocycles. The molecule has 1 nitrogen and oxygen atoms in total. The number of benzene rings is 1. The first-order chi connectivity index (χ1) is 12.7. The van der Waals surface area contributed by atoms with Gasteiger partial charge in [-0.15, -0.1) is 0 Å². The Hall–Kier alpha value is -1.62. The molecular weight excluding hydrogens is 321 g/mol. The van der Waals surface area contributed by atoms with Gasteiger partial charge < -0.3 is 0 Å². The van der Waals surface area contributed by atoms with E-state index in [9.17, 15) is 4.39 Å². The van der Waals surface area contributed by atoms with Crippen LogP contribution in [0.3, 0.4) is 0 Å². The van der Waals surface area contributed by atoms with E-state index in [-0.39, 0.29) is 11.4 Å². The van der Waals surface area contributed by atoms with E-state index >= 15 is 0 Å². The Morgan fingerprint density at radius 3 is 2.46 bits per heavy atom. The maximum atomic E-state index is 13.8. The molecule has 0 heterocycles. The van der Waals surface area contributed by atoms with Crippen LogP contribution in [0.5, 0.6) is 0 Å². The summed E-state index contributed by atoms with van der Waals surface area (Å²) in [6.07, 6.45) is 17.8. The first kappa shape index (κ1) is 19.2. The molecule has 0 N–H and O–H groups in total. The van der Waals surface area contributed by atoms with Gasteiger partial charge in [0, 0.05) is 0 Å². The number of hydrogen-bond donors (Lipinski definition) is 0. The predicted octanol–water partition coefficient (Wildman–Crippen LogP) is 7.13. The molecule has 26 heavy (non-hydrogen) atoms. The van der Waals surface area contributed by atoms with Gasteiger partial charge in [0.05, 0.1) is 5.56 Å². The quantitative estimate of drug-likeness (QED) is 0.516. The summed E-state index contributed by atoms with van der Waals surface area (Å²) >= 11 is 0. The lowest BCUT2D eigenvalue weighted by Gasteiger charge is -2.28. The molecular formula is C24H32FN. The molecule has 0 bridgehead atoms. The van der Waals surface area contributed by atoms with Crippen molar-refractivity contribution in [2.24, 2.45) is 17.8 Å². The summed E-state index contributed by atoms with van der Waals surface area (Å²) < 4.78 is 13.8. The Bertz CT molecular complexity index is 641. The zero-order valence-corrected chi connectivity index (χ0v) is 16.1. The molecule has 2 fully saturated rings. The topological polar surface area (TPSA) is 23.8 Å². The average molecular weight is 354 g/mol. The number of rotatable bonds is 5. The Kier molecular flexibility index (Phi) is 6.89. The Morgan fingerprint density at radius 1 is 1.08 bits per heavy atom. The SMILES string of the molecule is CC1CCC(/C=C/CCC2CCC(c3ccc(C#N)c(F)c3)CC2)CC1. The smallest absolute Gasteiger partial charge is 0.141 e. The third-order valence-electron chi connectivity index (χ3n) is 6.64. The number of nitriles is 1. The summed E-state index contributed by atoms with van der Waals surface area (Å²) in [7, 11) is 0. The average Bonchev–Trinajstić information content (AvgIpc) is 2.67. The van der Waals surface area contributed by atoms with Crippen LogP contribution < -0.4 is 0 Å². The summed E-state index contributed by atoms with van der Waals surface area (Å²) in [4.78, 5) is 0. The van der Waals surface area contributed by atoms with E-state index in [1.807, 2.05) is 12.1 Å². The van der Waals surface area contributed by atoms with Gasteiger partial charge in [-0.05, 0) is 92.7 Å². The molecule has 0 atom stereocenters. The van der Waals surface area contributed by atoms with Gasteiger partial charge in [-0.1, -0.05) is 38.0 Å². The molecule has 0 saturated heterocycles. The molecule has 2 saturated carbocycles. The number of hydrogen-bond acceptors (Lipinski definition) is 1. The molecule has 0 aliphatic heterocycles. The third-order valence-corrected chi connectivity index (χ3v) is 6.64. The van der Waals surface area contributed by atoms with Gasteiger partial charge in [-0.25, -0.2) is 4.39 Å². The Labute approximate surface area is 158 Å². The van der Waals surface area contributed by atoms with Crippen molar-refractivity contribution in [3.05, 3.63) is 47.3 Å². The molecule has 2 aliphatic rings. The van der Waals surface area contributed by atoms with Crippen molar-refractivity contribution in [2.45, 2.75) is 77.0 Å². The summed E-state index contributed by atoms with van der Waals surface area (Å²) in [6, 6.07) is 7.06. The minimum Gasteiger partial charge on any atom is -0.206 e. The first-order valence-electron chi connectivity index (χ1n) is 10.5. The molecule has 2 heteroatoms. The molecule has 0 amide bonds. The molecule has 140 valence electrons. The lowest BCUT2D eigenvalue weighted by molar-refractivity contribution is 0.310. The van der Waals surface area contributed by atoms with E-state index < -0.39 is 0 Å². The van der Waals surface area contributed by atoms with Gasteiger partial charge in [0.25, 0.3) is 0 Å². The van der Waals surface area contributed by atoms with Crippen molar-refractivity contribution in [3.8, 4) is 6.07 Å². The second-order valence-corrected chi connectivity index (χ2v) is 8.59. The van der Waals surface area contributed by atoms with E-state index in [4.69, 9.17) is 5.26 Å². The highest BCUT2D eigenvalue weighted by atomic mass is 19.1. The molecule has 0 radical (unpaired) electrons. The Balaban J connectivity index is 1.39. The van der Waals surface area contributed by atoms with Crippen LogP contribution in [0.4, 0.5) is 4.39 Å². The van der Waals surface area contributed by atoms with E-state index in [1.54, 1.807) is 12.1 Å². The van der Waals surface area contributed by atoms with Crippen LogP contribution in [0.25, 0.3) is 0 Å². The monoisotopic (exact) mass is 353 g/mol. The van der Waals surface area contributed by atoms with Crippen LogP contribution in [0.2, 0.25) is 0 Å². The minimum absolute atomic E-state index is 0.154. The van der Waals surface area contributed by atoms with Gasteiger partial charge in [0.15, 0.2) is 0 Å². The molecule has 1 aromatic rings. The van der Waals surface area contributed by atoms with E-state index in [0.717, 1.165) is 36.2 Å². The summed E-state index contributed by atoms with van der Waals surface area (Å²) in [5.74, 6) is 2.68. The van der Waals surface area contributed by atoms with Gasteiger partial charge in [-0.2, -0.15) is 5.26 Å². The normalized spacial score (nSPS) is 29.6. The van der Waals surface area contributed by atoms with Gasteiger partial charge in [0.2, 0.25) is 0 Å². The predicted molar refractivity (Wildman–Crippen MR) is 105 cm³/mol. The highest BCUT2D eigenvalue weighted by Gasteiger charge is 2.22. The van der Waals surface area contributed by atoms with Crippen molar-refractivity contribution in [2.75, 3.05) is 0 Å². The zero-order chi connectivity index (χ0) is 18.4. The van der Waals surface area contributed by atoms with Crippen LogP contribution in [-0.4, -0.2) is 0 Å². The molecule has 0 aromatic heterocycles. The van der Waals surface area contributed by atoms with Crippen LogP contribution in [0, 0.1) is 34.9 Å². The highest BCUT2D eigenvalue weighted by molar-refractivity contribution is 5.34. The second kappa shape index (κ2) is 9.36. The largest absolute Gasteiger partial charge is 0.206 e. The van der Waals surface area contributed by atoms with Crippen molar-refractivity contribution in [1.29, 1.82) is 5.26 Å². The fourth-order valence-corrected chi connectivity index (χ4v) is 4.76. The van der Waals surface area contributed by atoms with Gasteiger partial charge in [-0.3, -0.25) is 0 Å². The van der Waals surface area contributed by atoms with Gasteiger partial charge >= 0.3 is 0 Å². The van der Waals surface area contributed by atoms with Crippen molar-refractivity contribution >= 4 is 0 Å². The fourth-order valence-electron chi connectivity index (χ4n) is 4.76. The highest BCUT2D eigenvalue weighted by Crippen LogP contribution is 2.38. The van der Waals surface area contributed by atoms with Crippen LogP contribution in [0.15, 0.2) is 30.4 Å². The zero-order valence-electron chi connectivity index (χ0n) is 16.1. The van der Waals surface area contributed by atoms with Crippen molar-refractivity contribution in [3.63, 3.8) is 0 Å². The standard InChI is InChI=1S/C24H32FN/c1-18-6-8-19(9-7-18)4-2-3-5-20-10-12-21(13-11-20)22-14-15-23(17-26)24(25)16-22/h2,4,14-16,18-21H,3,5-13H2,1H3/b4-2+. The second-order valence-electron chi connectivity index (χ2n) is 8.59. The van der Waals surface area contributed by atoms with Gasteiger partial charge in [0.1, 0.15) is 11.9 Å². The van der Waals surface area contributed by atoms with E-state index in [1.165, 1.54) is 51.4 Å². The van der Waals surface area contributed by atoms with Crippen molar-refractivity contribution in [1.82, 2.24) is 0 Å². The lowest BCUT2D eigenvalue weighted by Crippen LogP contribution is -2.13. The molecule has 0 unspecified atom stereocenters. The molecule has 3 rings (SSSR count). The summed E-state index contributed by atoms with van der Waals surface area (Å²) in [6.45, 7) is 2.38. The third kappa shape index (κ3) is 5.19. The fraction of sp³-hybridized carbons (Fsp3) is 0.625. The van der Waals surface area contributed by atoms with Crippen LogP contribution in [0.1, 0.15) is 88.2 Å².